The van der Waals surface area contributed by atoms with Crippen LogP contribution in [0.5, 0.6) is 0 Å². The predicted molar refractivity (Wildman–Crippen MR) is 124 cm³/mol. The van der Waals surface area contributed by atoms with Crippen LogP contribution in [0.2, 0.25) is 0 Å². The van der Waals surface area contributed by atoms with Crippen LogP contribution in [-0.4, -0.2) is 55.2 Å². The van der Waals surface area contributed by atoms with Gasteiger partial charge < -0.3 is 20.7 Å². The van der Waals surface area contributed by atoms with Crippen LogP contribution in [0, 0.1) is 16.7 Å². The molecular weight excluding hydrogens is 406 g/mol. The first-order valence-electron chi connectivity index (χ1n) is 10.5. The van der Waals surface area contributed by atoms with E-state index in [4.69, 9.17) is 21.3 Å². The lowest BCUT2D eigenvalue weighted by atomic mass is 9.96. The Balaban J connectivity index is 1.79. The molecule has 0 atom stereocenters. The van der Waals surface area contributed by atoms with E-state index >= 15 is 0 Å². The Labute approximate surface area is 187 Å². The molecule has 2 aromatic rings. The summed E-state index contributed by atoms with van der Waals surface area (Å²) in [5.41, 5.74) is 8.21. The number of methoxy groups -OCH3 is 1. The van der Waals surface area contributed by atoms with Crippen molar-refractivity contribution in [1.82, 2.24) is 10.2 Å². The summed E-state index contributed by atoms with van der Waals surface area (Å²) in [6, 6.07) is 12.0. The number of likely N-dealkylation sites (tertiary alicyclic amines) is 1. The molecule has 1 aliphatic heterocycles. The van der Waals surface area contributed by atoms with Gasteiger partial charge in [-0.3, -0.25) is 15.6 Å². The maximum atomic E-state index is 12.9. The molecule has 0 radical (unpaired) electrons. The van der Waals surface area contributed by atoms with Gasteiger partial charge >= 0.3 is 5.97 Å². The summed E-state index contributed by atoms with van der Waals surface area (Å²) >= 11 is 0. The Kier molecular flexibility index (Phi) is 7.25. The number of ether oxygens (including phenoxy) is 1. The van der Waals surface area contributed by atoms with Crippen molar-refractivity contribution in [2.75, 3.05) is 26.7 Å². The third-order valence-corrected chi connectivity index (χ3v) is 5.76. The maximum absolute atomic E-state index is 12.9. The molecule has 32 heavy (non-hydrogen) atoms. The number of rotatable bonds is 6. The van der Waals surface area contributed by atoms with Crippen molar-refractivity contribution in [2.45, 2.75) is 19.8 Å². The third-order valence-electron chi connectivity index (χ3n) is 5.76. The molecule has 8 nitrogen and oxygen atoms in total. The first kappa shape index (κ1) is 23.0. The van der Waals surface area contributed by atoms with Crippen LogP contribution < -0.4 is 11.1 Å². The number of carbonyl (C=O) groups is 2. The SMILES string of the molecule is COC(=O)c1cc(C(=O)NCC2CCN(C(C)=N)CC2)cc(-c2cccc(C(=N)N)c2)c1. The summed E-state index contributed by atoms with van der Waals surface area (Å²) in [5, 5.41) is 18.4. The second-order valence-electron chi connectivity index (χ2n) is 8.01. The molecule has 2 aromatic carbocycles. The third kappa shape index (κ3) is 5.51. The second kappa shape index (κ2) is 10.1. The zero-order chi connectivity index (χ0) is 23.3. The number of benzene rings is 2. The number of amidine groups is 2. The van der Waals surface area contributed by atoms with Gasteiger partial charge in [0.15, 0.2) is 0 Å². The van der Waals surface area contributed by atoms with Crippen molar-refractivity contribution >= 4 is 23.5 Å². The number of piperidine rings is 1. The van der Waals surface area contributed by atoms with Crippen molar-refractivity contribution < 1.29 is 14.3 Å². The van der Waals surface area contributed by atoms with E-state index in [1.165, 1.54) is 13.2 Å². The van der Waals surface area contributed by atoms with Crippen LogP contribution in [0.25, 0.3) is 11.1 Å². The first-order chi connectivity index (χ1) is 15.3. The molecule has 1 amide bonds. The molecule has 3 rings (SSSR count). The van der Waals surface area contributed by atoms with Crippen LogP contribution in [0.1, 0.15) is 46.0 Å². The summed E-state index contributed by atoms with van der Waals surface area (Å²) in [4.78, 5) is 27.2. The quantitative estimate of drug-likeness (QED) is 0.315. The number of nitrogens with one attached hydrogen (secondary N) is 3. The van der Waals surface area contributed by atoms with Crippen LogP contribution in [-0.2, 0) is 4.74 Å². The summed E-state index contributed by atoms with van der Waals surface area (Å²) < 4.78 is 4.86. The molecule has 8 heteroatoms. The molecule has 1 saturated heterocycles. The van der Waals surface area contributed by atoms with Crippen molar-refractivity contribution in [3.05, 3.63) is 59.2 Å². The van der Waals surface area contributed by atoms with Crippen LogP contribution in [0.3, 0.4) is 0 Å². The Bertz CT molecular complexity index is 1040. The number of nitrogens with two attached hydrogens (primary N) is 1. The summed E-state index contributed by atoms with van der Waals surface area (Å²) in [7, 11) is 1.30. The molecule has 168 valence electrons. The van der Waals surface area contributed by atoms with Crippen molar-refractivity contribution in [2.24, 2.45) is 11.7 Å². The normalized spacial score (nSPS) is 14.0. The zero-order valence-corrected chi connectivity index (χ0v) is 18.4. The van der Waals surface area contributed by atoms with Gasteiger partial charge in [-0.25, -0.2) is 4.79 Å². The van der Waals surface area contributed by atoms with E-state index in [-0.39, 0.29) is 17.3 Å². The number of carbonyl (C=O) groups excluding carboxylic acids is 2. The molecule has 0 bridgehead atoms. The van der Waals surface area contributed by atoms with Gasteiger partial charge in [0.25, 0.3) is 5.91 Å². The summed E-state index contributed by atoms with van der Waals surface area (Å²) in [5.74, 6) is 0.0835. The number of nitrogens with zero attached hydrogens (tertiary/aromatic N) is 1. The fourth-order valence-corrected chi connectivity index (χ4v) is 3.84. The van der Waals surface area contributed by atoms with Crippen molar-refractivity contribution in [1.29, 1.82) is 10.8 Å². The minimum atomic E-state index is -0.530. The molecule has 5 N–H and O–H groups in total. The summed E-state index contributed by atoms with van der Waals surface area (Å²) in [6.07, 6.45) is 1.84. The van der Waals surface area contributed by atoms with E-state index in [2.05, 4.69) is 5.32 Å². The number of amides is 1. The van der Waals surface area contributed by atoms with Gasteiger partial charge in [0.2, 0.25) is 0 Å². The van der Waals surface area contributed by atoms with E-state index in [1.54, 1.807) is 37.3 Å². The lowest BCUT2D eigenvalue weighted by molar-refractivity contribution is 0.0600. The topological polar surface area (TPSA) is 132 Å². The number of hydrogen-bond donors (Lipinski definition) is 4. The zero-order valence-electron chi connectivity index (χ0n) is 18.4. The maximum Gasteiger partial charge on any atom is 0.337 e. The molecule has 1 heterocycles. The van der Waals surface area contributed by atoms with Crippen LogP contribution in [0.4, 0.5) is 0 Å². The Morgan fingerprint density at radius 3 is 2.34 bits per heavy atom. The Morgan fingerprint density at radius 1 is 1.06 bits per heavy atom. The smallest absolute Gasteiger partial charge is 0.337 e. The van der Waals surface area contributed by atoms with Gasteiger partial charge in [-0.1, -0.05) is 18.2 Å². The van der Waals surface area contributed by atoms with E-state index in [1.807, 2.05) is 11.0 Å². The minimum Gasteiger partial charge on any atom is -0.465 e. The lowest BCUT2D eigenvalue weighted by Gasteiger charge is -2.32. The number of esters is 1. The molecule has 1 aliphatic rings. The van der Waals surface area contributed by atoms with Crippen LogP contribution in [0.15, 0.2) is 42.5 Å². The Morgan fingerprint density at radius 2 is 1.72 bits per heavy atom. The average molecular weight is 436 g/mol. The molecule has 0 aliphatic carbocycles. The number of nitrogen functional groups attached to an aromatic ring is 1. The van der Waals surface area contributed by atoms with Gasteiger partial charge in [0, 0.05) is 30.8 Å². The summed E-state index contributed by atoms with van der Waals surface area (Å²) in [6.45, 7) is 3.98. The monoisotopic (exact) mass is 435 g/mol. The largest absolute Gasteiger partial charge is 0.465 e. The highest BCUT2D eigenvalue weighted by Gasteiger charge is 2.21. The lowest BCUT2D eigenvalue weighted by Crippen LogP contribution is -2.40. The highest BCUT2D eigenvalue weighted by Crippen LogP contribution is 2.24. The second-order valence-corrected chi connectivity index (χ2v) is 8.01. The highest BCUT2D eigenvalue weighted by atomic mass is 16.5. The van der Waals surface area contributed by atoms with E-state index < -0.39 is 5.97 Å². The van der Waals surface area contributed by atoms with E-state index in [0.717, 1.165) is 31.5 Å². The molecule has 1 fully saturated rings. The predicted octanol–water partition coefficient (Wildman–Crippen LogP) is 2.86. The fourth-order valence-electron chi connectivity index (χ4n) is 3.84. The van der Waals surface area contributed by atoms with Crippen molar-refractivity contribution in [3.8, 4) is 11.1 Å². The fraction of sp³-hybridized carbons (Fsp3) is 0.333. The molecule has 0 spiro atoms. The standard InChI is InChI=1S/C24H29N5O3/c1-15(25)29-8-6-16(7-9-29)14-28-23(30)20-11-19(12-21(13-20)24(31)32-2)17-4-3-5-18(10-17)22(26)27/h3-5,10-13,16,25H,6-9,14H2,1-2H3,(H3,26,27)(H,28,30). The van der Waals surface area contributed by atoms with E-state index in [0.29, 0.717) is 35.0 Å². The minimum absolute atomic E-state index is 0.0572. The Hall–Kier alpha value is -3.68. The number of hydrogen-bond acceptors (Lipinski definition) is 5. The van der Waals surface area contributed by atoms with Gasteiger partial charge in [-0.2, -0.15) is 0 Å². The van der Waals surface area contributed by atoms with Gasteiger partial charge in [-0.15, -0.1) is 0 Å². The van der Waals surface area contributed by atoms with E-state index in [9.17, 15) is 9.59 Å². The molecular formula is C24H29N5O3. The van der Waals surface area contributed by atoms with Crippen molar-refractivity contribution in [3.63, 3.8) is 0 Å². The average Bonchev–Trinajstić information content (AvgIpc) is 2.81. The highest BCUT2D eigenvalue weighted by molar-refractivity contribution is 6.00. The first-order valence-corrected chi connectivity index (χ1v) is 10.5. The molecule has 0 unspecified atom stereocenters. The molecule has 0 saturated carbocycles. The van der Waals surface area contributed by atoms with Gasteiger partial charge in [0.05, 0.1) is 18.5 Å². The van der Waals surface area contributed by atoms with Gasteiger partial charge in [0.1, 0.15) is 5.84 Å². The van der Waals surface area contributed by atoms with Crippen LogP contribution >= 0.6 is 0 Å². The molecule has 0 aromatic heterocycles. The van der Waals surface area contributed by atoms with Gasteiger partial charge in [-0.05, 0) is 61.1 Å².